The number of aliphatic carboxylic acids is 1. The molecule has 0 aliphatic rings. The molecule has 1 N–H and O–H groups in total. The highest BCUT2D eigenvalue weighted by Gasteiger charge is 2.09. The van der Waals surface area contributed by atoms with E-state index in [1.807, 2.05) is 19.1 Å². The zero-order chi connectivity index (χ0) is 12.0. The van der Waals surface area contributed by atoms with Crippen molar-refractivity contribution in [1.29, 1.82) is 0 Å². The molecule has 1 aromatic heterocycles. The van der Waals surface area contributed by atoms with Gasteiger partial charge in [0, 0.05) is 12.6 Å². The zero-order valence-corrected chi connectivity index (χ0v) is 9.51. The Kier molecular flexibility index (Phi) is 4.72. The van der Waals surface area contributed by atoms with Crippen molar-refractivity contribution >= 4 is 5.97 Å². The first kappa shape index (κ1) is 12.4. The molecule has 1 aromatic rings. The fourth-order valence-electron chi connectivity index (χ4n) is 1.36. The molecule has 0 aliphatic heterocycles. The summed E-state index contributed by atoms with van der Waals surface area (Å²) in [5, 5.41) is 8.71. The van der Waals surface area contributed by atoms with Crippen molar-refractivity contribution in [3.8, 4) is 5.88 Å². The summed E-state index contributed by atoms with van der Waals surface area (Å²) in [7, 11) is 1.56. The van der Waals surface area contributed by atoms with E-state index in [4.69, 9.17) is 9.84 Å². The van der Waals surface area contributed by atoms with E-state index in [1.165, 1.54) is 0 Å². The van der Waals surface area contributed by atoms with Gasteiger partial charge in [-0.2, -0.15) is 0 Å². The van der Waals surface area contributed by atoms with Gasteiger partial charge in [0.15, 0.2) is 0 Å². The highest BCUT2D eigenvalue weighted by molar-refractivity contribution is 5.69. The highest BCUT2D eigenvalue weighted by Crippen LogP contribution is 2.08. The molecule has 0 saturated heterocycles. The second-order valence-electron chi connectivity index (χ2n) is 3.37. The normalized spacial score (nSPS) is 10.4. The van der Waals surface area contributed by atoms with Crippen LogP contribution in [0, 0.1) is 0 Å². The number of carbonyl (C=O) groups is 1. The van der Waals surface area contributed by atoms with Gasteiger partial charge in [-0.3, -0.25) is 9.69 Å². The molecule has 16 heavy (non-hydrogen) atoms. The van der Waals surface area contributed by atoms with E-state index < -0.39 is 5.97 Å². The second-order valence-corrected chi connectivity index (χ2v) is 3.37. The molecule has 1 heterocycles. The van der Waals surface area contributed by atoms with E-state index in [9.17, 15) is 4.79 Å². The van der Waals surface area contributed by atoms with Crippen LogP contribution >= 0.6 is 0 Å². The number of carboxylic acids is 1. The average Bonchev–Trinajstić information content (AvgIpc) is 2.28. The first-order chi connectivity index (χ1) is 7.65. The molecular weight excluding hydrogens is 208 g/mol. The Morgan fingerprint density at radius 3 is 2.88 bits per heavy atom. The van der Waals surface area contributed by atoms with Gasteiger partial charge in [0.1, 0.15) is 0 Å². The van der Waals surface area contributed by atoms with Gasteiger partial charge < -0.3 is 9.84 Å². The van der Waals surface area contributed by atoms with Crippen LogP contribution in [0.3, 0.4) is 0 Å². The molecular formula is C11H16N2O3. The van der Waals surface area contributed by atoms with Crippen LogP contribution in [0.25, 0.3) is 0 Å². The maximum Gasteiger partial charge on any atom is 0.317 e. The fraction of sp³-hybridized carbons (Fsp3) is 0.455. The number of methoxy groups -OCH3 is 1. The van der Waals surface area contributed by atoms with Crippen LogP contribution in [-0.2, 0) is 11.3 Å². The van der Waals surface area contributed by atoms with Gasteiger partial charge in [0.05, 0.1) is 19.3 Å². The maximum absolute atomic E-state index is 10.6. The number of hydrogen-bond donors (Lipinski definition) is 1. The van der Waals surface area contributed by atoms with Crippen LogP contribution in [0.5, 0.6) is 5.88 Å². The molecule has 0 saturated carbocycles. The van der Waals surface area contributed by atoms with E-state index in [2.05, 4.69) is 4.98 Å². The SMILES string of the molecule is CCN(CC(=O)O)Cc1cccc(OC)n1. The van der Waals surface area contributed by atoms with Gasteiger partial charge in [-0.25, -0.2) is 4.98 Å². The average molecular weight is 224 g/mol. The van der Waals surface area contributed by atoms with E-state index in [-0.39, 0.29) is 6.54 Å². The van der Waals surface area contributed by atoms with Crippen LogP contribution in [0.4, 0.5) is 0 Å². The maximum atomic E-state index is 10.6. The van der Waals surface area contributed by atoms with Crippen LogP contribution < -0.4 is 4.74 Å². The van der Waals surface area contributed by atoms with Gasteiger partial charge in [-0.15, -0.1) is 0 Å². The minimum absolute atomic E-state index is 0.0232. The van der Waals surface area contributed by atoms with Crippen LogP contribution in [0.1, 0.15) is 12.6 Å². The summed E-state index contributed by atoms with van der Waals surface area (Å²) >= 11 is 0. The summed E-state index contributed by atoms with van der Waals surface area (Å²) < 4.78 is 5.01. The Bertz CT molecular complexity index is 355. The number of rotatable bonds is 6. The summed E-state index contributed by atoms with van der Waals surface area (Å²) in [6, 6.07) is 5.46. The van der Waals surface area contributed by atoms with Crippen molar-refractivity contribution in [2.24, 2.45) is 0 Å². The first-order valence-electron chi connectivity index (χ1n) is 5.09. The molecule has 0 fully saturated rings. The molecule has 88 valence electrons. The minimum Gasteiger partial charge on any atom is -0.481 e. The number of carboxylic acid groups (broad SMARTS) is 1. The zero-order valence-electron chi connectivity index (χ0n) is 9.51. The Labute approximate surface area is 94.7 Å². The van der Waals surface area contributed by atoms with Crippen molar-refractivity contribution in [2.45, 2.75) is 13.5 Å². The Morgan fingerprint density at radius 2 is 2.31 bits per heavy atom. The van der Waals surface area contributed by atoms with E-state index in [0.717, 1.165) is 5.69 Å². The third-order valence-corrected chi connectivity index (χ3v) is 2.18. The molecule has 0 amide bonds. The number of ether oxygens (including phenoxy) is 1. The van der Waals surface area contributed by atoms with Crippen LogP contribution in [-0.4, -0.2) is 41.2 Å². The third kappa shape index (κ3) is 3.86. The van der Waals surface area contributed by atoms with Gasteiger partial charge in [0.25, 0.3) is 0 Å². The smallest absolute Gasteiger partial charge is 0.317 e. The molecule has 5 heteroatoms. The molecule has 0 radical (unpaired) electrons. The van der Waals surface area contributed by atoms with Crippen molar-refractivity contribution in [2.75, 3.05) is 20.2 Å². The van der Waals surface area contributed by atoms with Crippen LogP contribution in [0.15, 0.2) is 18.2 Å². The molecule has 0 aliphatic carbocycles. The lowest BCUT2D eigenvalue weighted by molar-refractivity contribution is -0.138. The Morgan fingerprint density at radius 1 is 1.56 bits per heavy atom. The summed E-state index contributed by atoms with van der Waals surface area (Å²) in [6.45, 7) is 3.13. The van der Waals surface area contributed by atoms with Crippen molar-refractivity contribution < 1.29 is 14.6 Å². The van der Waals surface area contributed by atoms with E-state index in [0.29, 0.717) is 19.0 Å². The number of aromatic nitrogens is 1. The predicted molar refractivity (Wildman–Crippen MR) is 59.4 cm³/mol. The third-order valence-electron chi connectivity index (χ3n) is 2.18. The molecule has 0 spiro atoms. The first-order valence-corrected chi connectivity index (χ1v) is 5.09. The topological polar surface area (TPSA) is 62.7 Å². The highest BCUT2D eigenvalue weighted by atomic mass is 16.5. The van der Waals surface area contributed by atoms with Crippen molar-refractivity contribution in [1.82, 2.24) is 9.88 Å². The minimum atomic E-state index is -0.829. The van der Waals surface area contributed by atoms with Crippen LogP contribution in [0.2, 0.25) is 0 Å². The monoisotopic (exact) mass is 224 g/mol. The number of hydrogen-bond acceptors (Lipinski definition) is 4. The van der Waals surface area contributed by atoms with Crippen molar-refractivity contribution in [3.05, 3.63) is 23.9 Å². The summed E-state index contributed by atoms with van der Waals surface area (Å²) in [4.78, 5) is 16.6. The largest absolute Gasteiger partial charge is 0.481 e. The van der Waals surface area contributed by atoms with Gasteiger partial charge in [-0.1, -0.05) is 13.0 Å². The quantitative estimate of drug-likeness (QED) is 0.781. The molecule has 5 nitrogen and oxygen atoms in total. The lowest BCUT2D eigenvalue weighted by atomic mass is 10.3. The number of likely N-dealkylation sites (N-methyl/N-ethyl adjacent to an activating group) is 1. The van der Waals surface area contributed by atoms with Gasteiger partial charge >= 0.3 is 5.97 Å². The number of nitrogens with zero attached hydrogens (tertiary/aromatic N) is 2. The Balaban J connectivity index is 2.65. The lowest BCUT2D eigenvalue weighted by Gasteiger charge is -2.17. The summed E-state index contributed by atoms with van der Waals surface area (Å²) in [5.41, 5.74) is 0.808. The van der Waals surface area contributed by atoms with Gasteiger partial charge in [-0.05, 0) is 12.6 Å². The predicted octanol–water partition coefficient (Wildman–Crippen LogP) is 0.997. The van der Waals surface area contributed by atoms with Gasteiger partial charge in [0.2, 0.25) is 5.88 Å². The lowest BCUT2D eigenvalue weighted by Crippen LogP contribution is -2.29. The van der Waals surface area contributed by atoms with E-state index >= 15 is 0 Å². The number of pyridine rings is 1. The second kappa shape index (κ2) is 6.07. The summed E-state index contributed by atoms with van der Waals surface area (Å²) in [5.74, 6) is -0.284. The van der Waals surface area contributed by atoms with Crippen molar-refractivity contribution in [3.63, 3.8) is 0 Å². The molecule has 0 bridgehead atoms. The molecule has 0 aromatic carbocycles. The Hall–Kier alpha value is -1.62. The molecule has 1 rings (SSSR count). The standard InChI is InChI=1S/C11H16N2O3/c1-3-13(8-11(14)15)7-9-5-4-6-10(12-9)16-2/h4-6H,3,7-8H2,1-2H3,(H,14,15). The molecule has 0 unspecified atom stereocenters. The molecule has 0 atom stereocenters. The fourth-order valence-corrected chi connectivity index (χ4v) is 1.36. The summed E-state index contributed by atoms with van der Waals surface area (Å²) in [6.07, 6.45) is 0. The van der Waals surface area contributed by atoms with E-state index in [1.54, 1.807) is 18.1 Å².